The zero-order chi connectivity index (χ0) is 17.5. The van der Waals surface area contributed by atoms with Crippen molar-refractivity contribution in [2.24, 2.45) is 0 Å². The zero-order valence-electron chi connectivity index (χ0n) is 13.8. The monoisotopic (exact) mass is 348 g/mol. The third kappa shape index (κ3) is 4.24. The summed E-state index contributed by atoms with van der Waals surface area (Å²) in [5.41, 5.74) is 1.34. The summed E-state index contributed by atoms with van der Waals surface area (Å²) >= 11 is 6.12. The molecule has 1 amide bonds. The van der Waals surface area contributed by atoms with Crippen LogP contribution in [0.2, 0.25) is 5.02 Å². The van der Waals surface area contributed by atoms with E-state index in [2.05, 4.69) is 4.98 Å². The number of hydrogen-bond donors (Lipinski definition) is 1. The van der Waals surface area contributed by atoms with Crippen LogP contribution in [0.25, 0.3) is 0 Å². The molecule has 0 radical (unpaired) electrons. The summed E-state index contributed by atoms with van der Waals surface area (Å²) in [5.74, 6) is 0.100. The minimum atomic E-state index is -0.228. The van der Waals surface area contributed by atoms with E-state index in [1.54, 1.807) is 18.0 Å². The second-order valence-corrected chi connectivity index (χ2v) is 5.71. The Kier molecular flexibility index (Phi) is 6.58. The minimum absolute atomic E-state index is 0.0144. The van der Waals surface area contributed by atoms with Gasteiger partial charge in [-0.05, 0) is 25.0 Å². The number of benzene rings is 1. The molecule has 24 heavy (non-hydrogen) atoms. The van der Waals surface area contributed by atoms with Crippen LogP contribution < -0.4 is 4.74 Å². The van der Waals surface area contributed by atoms with Crippen molar-refractivity contribution in [3.63, 3.8) is 0 Å². The van der Waals surface area contributed by atoms with Crippen LogP contribution in [0.3, 0.4) is 0 Å². The van der Waals surface area contributed by atoms with Gasteiger partial charge in [0.05, 0.1) is 18.2 Å². The van der Waals surface area contributed by atoms with Crippen LogP contribution >= 0.6 is 11.6 Å². The summed E-state index contributed by atoms with van der Waals surface area (Å²) in [5, 5.41) is 9.65. The number of aliphatic hydroxyl groups is 1. The number of amides is 1. The number of aromatic nitrogens is 1. The molecule has 2 rings (SSSR count). The van der Waals surface area contributed by atoms with Crippen LogP contribution in [-0.4, -0.2) is 41.2 Å². The normalized spacial score (nSPS) is 11.8. The molecule has 0 aliphatic rings. The Morgan fingerprint density at radius 1 is 1.38 bits per heavy atom. The molecule has 1 aromatic carbocycles. The van der Waals surface area contributed by atoms with Gasteiger partial charge in [0.15, 0.2) is 0 Å². The molecule has 128 valence electrons. The van der Waals surface area contributed by atoms with Gasteiger partial charge in [0.2, 0.25) is 5.88 Å². The second kappa shape index (κ2) is 8.66. The maximum absolute atomic E-state index is 12.8. The predicted molar refractivity (Wildman–Crippen MR) is 93.4 cm³/mol. The SMILES string of the molecule is CCOc1ncc(C(=O)N(C)C(CCO)c2ccccc2)cc1Cl. The van der Waals surface area contributed by atoms with Crippen LogP contribution in [0.1, 0.15) is 35.3 Å². The van der Waals surface area contributed by atoms with E-state index in [1.807, 2.05) is 37.3 Å². The lowest BCUT2D eigenvalue weighted by molar-refractivity contribution is 0.0704. The Morgan fingerprint density at radius 3 is 2.67 bits per heavy atom. The maximum atomic E-state index is 12.8. The number of carbonyl (C=O) groups excluding carboxylic acids is 1. The highest BCUT2D eigenvalue weighted by Gasteiger charge is 2.23. The first kappa shape index (κ1) is 18.2. The molecule has 0 fully saturated rings. The van der Waals surface area contributed by atoms with Crippen molar-refractivity contribution >= 4 is 17.5 Å². The Bertz CT molecular complexity index is 679. The third-order valence-electron chi connectivity index (χ3n) is 3.71. The molecule has 2 aromatic rings. The van der Waals surface area contributed by atoms with E-state index in [9.17, 15) is 9.90 Å². The van der Waals surface area contributed by atoms with Gasteiger partial charge in [0, 0.05) is 19.9 Å². The summed E-state index contributed by atoms with van der Waals surface area (Å²) in [7, 11) is 1.71. The van der Waals surface area contributed by atoms with E-state index >= 15 is 0 Å². The molecule has 1 N–H and O–H groups in total. The summed E-state index contributed by atoms with van der Waals surface area (Å²) in [6.45, 7) is 2.27. The topological polar surface area (TPSA) is 62.7 Å². The van der Waals surface area contributed by atoms with Crippen molar-refractivity contribution in [1.82, 2.24) is 9.88 Å². The van der Waals surface area contributed by atoms with Crippen molar-refractivity contribution in [3.8, 4) is 5.88 Å². The summed E-state index contributed by atoms with van der Waals surface area (Å²) in [6.07, 6.45) is 1.90. The third-order valence-corrected chi connectivity index (χ3v) is 3.98. The van der Waals surface area contributed by atoms with Crippen LogP contribution in [0.4, 0.5) is 0 Å². The van der Waals surface area contributed by atoms with Gasteiger partial charge < -0.3 is 14.7 Å². The Balaban J connectivity index is 2.24. The summed E-state index contributed by atoms with van der Waals surface area (Å²) in [4.78, 5) is 18.5. The molecule has 0 aliphatic carbocycles. The van der Waals surface area contributed by atoms with E-state index in [0.717, 1.165) is 5.56 Å². The van der Waals surface area contributed by atoms with Gasteiger partial charge in [0.25, 0.3) is 5.91 Å². The van der Waals surface area contributed by atoms with Crippen molar-refractivity contribution in [2.45, 2.75) is 19.4 Å². The van der Waals surface area contributed by atoms with E-state index in [4.69, 9.17) is 16.3 Å². The van der Waals surface area contributed by atoms with Gasteiger partial charge in [0.1, 0.15) is 5.02 Å². The van der Waals surface area contributed by atoms with Gasteiger partial charge in [-0.15, -0.1) is 0 Å². The molecule has 0 saturated carbocycles. The highest BCUT2D eigenvalue weighted by molar-refractivity contribution is 6.32. The Labute approximate surface area is 146 Å². The highest BCUT2D eigenvalue weighted by atomic mass is 35.5. The molecule has 6 heteroatoms. The lowest BCUT2D eigenvalue weighted by atomic mass is 10.0. The largest absolute Gasteiger partial charge is 0.477 e. The number of ether oxygens (including phenoxy) is 1. The molecular formula is C18H21ClN2O3. The molecule has 1 atom stereocenters. The minimum Gasteiger partial charge on any atom is -0.477 e. The van der Waals surface area contributed by atoms with Gasteiger partial charge in [-0.3, -0.25) is 4.79 Å². The van der Waals surface area contributed by atoms with Gasteiger partial charge in [-0.25, -0.2) is 4.98 Å². The number of nitrogens with zero attached hydrogens (tertiary/aromatic N) is 2. The molecule has 1 aromatic heterocycles. The van der Waals surface area contributed by atoms with Crippen LogP contribution in [0, 0.1) is 0 Å². The first-order valence-electron chi connectivity index (χ1n) is 7.79. The first-order valence-corrected chi connectivity index (χ1v) is 8.17. The van der Waals surface area contributed by atoms with E-state index in [1.165, 1.54) is 6.20 Å². The number of rotatable bonds is 7. The van der Waals surface area contributed by atoms with Crippen LogP contribution in [0.15, 0.2) is 42.6 Å². The summed E-state index contributed by atoms with van der Waals surface area (Å²) in [6, 6.07) is 10.9. The standard InChI is InChI=1S/C18H21ClN2O3/c1-3-24-17-15(19)11-14(12-20-17)18(23)21(2)16(9-10-22)13-7-5-4-6-8-13/h4-8,11-12,16,22H,3,9-10H2,1-2H3. The lowest BCUT2D eigenvalue weighted by Crippen LogP contribution is -2.32. The Hall–Kier alpha value is -2.11. The van der Waals surface area contributed by atoms with Gasteiger partial charge in [-0.1, -0.05) is 41.9 Å². The summed E-state index contributed by atoms with van der Waals surface area (Å²) < 4.78 is 5.29. The lowest BCUT2D eigenvalue weighted by Gasteiger charge is -2.28. The van der Waals surface area contributed by atoms with Crippen molar-refractivity contribution in [2.75, 3.05) is 20.3 Å². The fraction of sp³-hybridized carbons (Fsp3) is 0.333. The predicted octanol–water partition coefficient (Wildman–Crippen LogP) is 3.33. The van der Waals surface area contributed by atoms with Crippen molar-refractivity contribution < 1.29 is 14.6 Å². The van der Waals surface area contributed by atoms with Crippen molar-refractivity contribution in [3.05, 3.63) is 58.7 Å². The smallest absolute Gasteiger partial charge is 0.255 e. The Morgan fingerprint density at radius 2 is 2.08 bits per heavy atom. The number of halogens is 1. The first-order chi connectivity index (χ1) is 11.6. The molecular weight excluding hydrogens is 328 g/mol. The van der Waals surface area contributed by atoms with Crippen molar-refractivity contribution in [1.29, 1.82) is 0 Å². The number of pyridine rings is 1. The van der Waals surface area contributed by atoms with E-state index in [0.29, 0.717) is 29.5 Å². The van der Waals surface area contributed by atoms with E-state index in [-0.39, 0.29) is 18.6 Å². The second-order valence-electron chi connectivity index (χ2n) is 5.30. The number of hydrogen-bond acceptors (Lipinski definition) is 4. The average molecular weight is 349 g/mol. The fourth-order valence-electron chi connectivity index (χ4n) is 2.51. The molecule has 1 heterocycles. The van der Waals surface area contributed by atoms with E-state index < -0.39 is 0 Å². The number of carbonyl (C=O) groups is 1. The van der Waals surface area contributed by atoms with Crippen LogP contribution in [0.5, 0.6) is 5.88 Å². The molecule has 0 bridgehead atoms. The van der Waals surface area contributed by atoms with Crippen LogP contribution in [-0.2, 0) is 0 Å². The molecule has 0 spiro atoms. The molecule has 0 saturated heterocycles. The number of aliphatic hydroxyl groups excluding tert-OH is 1. The quantitative estimate of drug-likeness (QED) is 0.833. The maximum Gasteiger partial charge on any atom is 0.255 e. The molecule has 1 unspecified atom stereocenters. The molecule has 0 aliphatic heterocycles. The zero-order valence-corrected chi connectivity index (χ0v) is 14.5. The van der Waals surface area contributed by atoms with Gasteiger partial charge in [-0.2, -0.15) is 0 Å². The fourth-order valence-corrected chi connectivity index (χ4v) is 2.73. The molecule has 5 nitrogen and oxygen atoms in total. The van der Waals surface area contributed by atoms with Gasteiger partial charge >= 0.3 is 0 Å². The highest BCUT2D eigenvalue weighted by Crippen LogP contribution is 2.27. The average Bonchev–Trinajstić information content (AvgIpc) is 2.61.